The molecule has 5 heteroatoms. The Balaban J connectivity index is 2.10. The molecular formula is C15H17NO4. The van der Waals surface area contributed by atoms with Gasteiger partial charge in [0, 0.05) is 11.8 Å². The van der Waals surface area contributed by atoms with E-state index in [9.17, 15) is 9.59 Å². The SMILES string of the molecule is Cc1cc2c(c(=O)n1CC(=O)O)C=C1CCCC[C@H]1O2. The average Bonchev–Trinajstić information content (AvgIpc) is 2.41. The van der Waals surface area contributed by atoms with Crippen molar-refractivity contribution in [3.8, 4) is 5.75 Å². The van der Waals surface area contributed by atoms with Gasteiger partial charge < -0.3 is 14.4 Å². The summed E-state index contributed by atoms with van der Waals surface area (Å²) in [5.74, 6) is -0.431. The Morgan fingerprint density at radius 1 is 1.50 bits per heavy atom. The van der Waals surface area contributed by atoms with Gasteiger partial charge in [-0.25, -0.2) is 0 Å². The van der Waals surface area contributed by atoms with E-state index in [0.717, 1.165) is 31.3 Å². The van der Waals surface area contributed by atoms with E-state index in [4.69, 9.17) is 9.84 Å². The Labute approximate surface area is 116 Å². The Hall–Kier alpha value is -2.04. The minimum Gasteiger partial charge on any atom is -0.485 e. The van der Waals surface area contributed by atoms with Gasteiger partial charge in [-0.05, 0) is 44.3 Å². The second-order valence-corrected chi connectivity index (χ2v) is 5.42. The van der Waals surface area contributed by atoms with Crippen molar-refractivity contribution in [2.75, 3.05) is 0 Å². The molecule has 2 aliphatic rings. The number of pyridine rings is 1. The zero-order chi connectivity index (χ0) is 14.3. The fourth-order valence-electron chi connectivity index (χ4n) is 2.96. The first kappa shape index (κ1) is 13.0. The highest BCUT2D eigenvalue weighted by Gasteiger charge is 2.27. The summed E-state index contributed by atoms with van der Waals surface area (Å²) in [5, 5.41) is 8.90. The molecular weight excluding hydrogens is 258 g/mol. The molecule has 1 aliphatic heterocycles. The fraction of sp³-hybridized carbons (Fsp3) is 0.467. The van der Waals surface area contributed by atoms with Crippen molar-refractivity contribution >= 4 is 12.0 Å². The first-order chi connectivity index (χ1) is 9.56. The van der Waals surface area contributed by atoms with Crippen LogP contribution in [0.1, 0.15) is 36.9 Å². The highest BCUT2D eigenvalue weighted by Crippen LogP contribution is 2.35. The van der Waals surface area contributed by atoms with E-state index in [0.29, 0.717) is 17.0 Å². The Kier molecular flexibility index (Phi) is 3.12. The summed E-state index contributed by atoms with van der Waals surface area (Å²) in [7, 11) is 0. The third-order valence-corrected chi connectivity index (χ3v) is 3.99. The van der Waals surface area contributed by atoms with Crippen LogP contribution in [-0.4, -0.2) is 21.7 Å². The van der Waals surface area contributed by atoms with Crippen LogP contribution in [0, 0.1) is 6.92 Å². The van der Waals surface area contributed by atoms with Gasteiger partial charge in [0.15, 0.2) is 0 Å². The number of carbonyl (C=O) groups is 1. The minimum atomic E-state index is -1.02. The number of aromatic nitrogens is 1. The number of aryl methyl sites for hydroxylation is 1. The first-order valence-corrected chi connectivity index (χ1v) is 6.89. The number of aliphatic carboxylic acids is 1. The van der Waals surface area contributed by atoms with Gasteiger partial charge in [0.05, 0.1) is 5.56 Å². The Bertz CT molecular complexity index is 657. The third-order valence-electron chi connectivity index (χ3n) is 3.99. The van der Waals surface area contributed by atoms with Crippen LogP contribution in [0.3, 0.4) is 0 Å². The van der Waals surface area contributed by atoms with Gasteiger partial charge in [0.25, 0.3) is 5.56 Å². The largest absolute Gasteiger partial charge is 0.485 e. The lowest BCUT2D eigenvalue weighted by atomic mass is 9.89. The minimum absolute atomic E-state index is 0.0883. The monoisotopic (exact) mass is 275 g/mol. The van der Waals surface area contributed by atoms with Gasteiger partial charge in [-0.2, -0.15) is 0 Å². The molecule has 1 aromatic rings. The maximum Gasteiger partial charge on any atom is 0.323 e. The van der Waals surface area contributed by atoms with E-state index in [1.165, 1.54) is 4.57 Å². The number of ether oxygens (including phenoxy) is 1. The van der Waals surface area contributed by atoms with Gasteiger partial charge in [0.2, 0.25) is 0 Å². The zero-order valence-electron chi connectivity index (χ0n) is 11.4. The predicted molar refractivity (Wildman–Crippen MR) is 73.9 cm³/mol. The maximum absolute atomic E-state index is 12.4. The summed E-state index contributed by atoms with van der Waals surface area (Å²) in [6.07, 6.45) is 6.20. The molecule has 1 saturated carbocycles. The summed E-state index contributed by atoms with van der Waals surface area (Å²) < 4.78 is 7.21. The van der Waals surface area contributed by atoms with E-state index in [1.54, 1.807) is 13.0 Å². The first-order valence-electron chi connectivity index (χ1n) is 6.89. The van der Waals surface area contributed by atoms with Crippen molar-refractivity contribution in [3.63, 3.8) is 0 Å². The summed E-state index contributed by atoms with van der Waals surface area (Å²) in [4.78, 5) is 23.3. The van der Waals surface area contributed by atoms with Gasteiger partial charge in [-0.1, -0.05) is 0 Å². The van der Waals surface area contributed by atoms with E-state index >= 15 is 0 Å². The Morgan fingerprint density at radius 3 is 3.05 bits per heavy atom. The van der Waals surface area contributed by atoms with Crippen LogP contribution < -0.4 is 10.3 Å². The number of fused-ring (bicyclic) bond motifs is 2. The summed E-state index contributed by atoms with van der Waals surface area (Å²) in [6, 6.07) is 1.77. The second kappa shape index (κ2) is 4.81. The molecule has 3 rings (SSSR count). The molecule has 1 atom stereocenters. The van der Waals surface area contributed by atoms with Crippen LogP contribution in [0.4, 0.5) is 0 Å². The number of carboxylic acids is 1. The zero-order valence-corrected chi connectivity index (χ0v) is 11.4. The molecule has 0 amide bonds. The smallest absolute Gasteiger partial charge is 0.323 e. The highest BCUT2D eigenvalue weighted by atomic mass is 16.5. The van der Waals surface area contributed by atoms with Crippen molar-refractivity contribution in [1.82, 2.24) is 4.57 Å². The molecule has 0 bridgehead atoms. The molecule has 2 heterocycles. The fourth-order valence-corrected chi connectivity index (χ4v) is 2.96. The van der Waals surface area contributed by atoms with E-state index in [-0.39, 0.29) is 18.2 Å². The molecule has 1 aromatic heterocycles. The number of carboxylic acid groups (broad SMARTS) is 1. The van der Waals surface area contributed by atoms with Crippen molar-refractivity contribution in [1.29, 1.82) is 0 Å². The van der Waals surface area contributed by atoms with Crippen LogP contribution in [0.15, 0.2) is 16.4 Å². The quantitative estimate of drug-likeness (QED) is 0.895. The standard InChI is InChI=1S/C15H17NO4/c1-9-6-13-11(15(19)16(9)8-14(17)18)7-10-4-2-3-5-12(10)20-13/h6-7,12H,2-5,8H2,1H3,(H,17,18)/t12-/m1/s1. The van der Waals surface area contributed by atoms with Crippen LogP contribution in [-0.2, 0) is 11.3 Å². The molecule has 106 valence electrons. The summed E-state index contributed by atoms with van der Waals surface area (Å²) >= 11 is 0. The predicted octanol–water partition coefficient (Wildman–Crippen LogP) is 1.96. The molecule has 0 aromatic carbocycles. The summed E-state index contributed by atoms with van der Waals surface area (Å²) in [6.45, 7) is 1.42. The lowest BCUT2D eigenvalue weighted by Crippen LogP contribution is -2.32. The maximum atomic E-state index is 12.4. The number of rotatable bonds is 2. The molecule has 0 unspecified atom stereocenters. The second-order valence-electron chi connectivity index (χ2n) is 5.42. The molecule has 1 N–H and O–H groups in total. The normalized spacial score (nSPS) is 20.4. The molecule has 1 aliphatic carbocycles. The van der Waals surface area contributed by atoms with Gasteiger partial charge in [0.1, 0.15) is 18.4 Å². The van der Waals surface area contributed by atoms with Crippen LogP contribution in [0.2, 0.25) is 0 Å². The molecule has 0 radical (unpaired) electrons. The van der Waals surface area contributed by atoms with E-state index in [2.05, 4.69) is 0 Å². The molecule has 1 fully saturated rings. The topological polar surface area (TPSA) is 68.5 Å². The summed E-state index contributed by atoms with van der Waals surface area (Å²) in [5.41, 5.74) is 1.99. The molecule has 20 heavy (non-hydrogen) atoms. The molecule has 0 spiro atoms. The lowest BCUT2D eigenvalue weighted by molar-refractivity contribution is -0.137. The van der Waals surface area contributed by atoms with Crippen LogP contribution >= 0.6 is 0 Å². The Morgan fingerprint density at radius 2 is 2.30 bits per heavy atom. The van der Waals surface area contributed by atoms with Gasteiger partial charge >= 0.3 is 5.97 Å². The molecule has 0 saturated heterocycles. The van der Waals surface area contributed by atoms with Crippen molar-refractivity contribution in [2.24, 2.45) is 0 Å². The van der Waals surface area contributed by atoms with Crippen molar-refractivity contribution < 1.29 is 14.6 Å². The third kappa shape index (κ3) is 2.13. The van der Waals surface area contributed by atoms with Crippen molar-refractivity contribution in [2.45, 2.75) is 45.3 Å². The number of nitrogens with zero attached hydrogens (tertiary/aromatic N) is 1. The van der Waals surface area contributed by atoms with E-state index in [1.807, 2.05) is 6.08 Å². The lowest BCUT2D eigenvalue weighted by Gasteiger charge is -2.31. The van der Waals surface area contributed by atoms with Crippen molar-refractivity contribution in [3.05, 3.63) is 33.3 Å². The van der Waals surface area contributed by atoms with Crippen LogP contribution in [0.5, 0.6) is 5.75 Å². The van der Waals surface area contributed by atoms with E-state index < -0.39 is 5.97 Å². The van der Waals surface area contributed by atoms with Gasteiger partial charge in [-0.3, -0.25) is 9.59 Å². The average molecular weight is 275 g/mol. The highest BCUT2D eigenvalue weighted by molar-refractivity contribution is 5.68. The number of hydrogen-bond acceptors (Lipinski definition) is 3. The molecule has 5 nitrogen and oxygen atoms in total. The van der Waals surface area contributed by atoms with Crippen LogP contribution in [0.25, 0.3) is 6.08 Å². The number of hydrogen-bond donors (Lipinski definition) is 1. The van der Waals surface area contributed by atoms with Gasteiger partial charge in [-0.15, -0.1) is 0 Å².